The Balaban J connectivity index is 1.62. The maximum Gasteiger partial charge on any atom is 0.244 e. The fraction of sp³-hybridized carbons (Fsp3) is 0.529. The van der Waals surface area contributed by atoms with Gasteiger partial charge in [-0.15, -0.1) is 0 Å². The molecule has 0 radical (unpaired) electrons. The van der Waals surface area contributed by atoms with Gasteiger partial charge in [0.05, 0.1) is 36.8 Å². The van der Waals surface area contributed by atoms with Gasteiger partial charge in [-0.05, 0) is 32.3 Å². The van der Waals surface area contributed by atoms with Crippen molar-refractivity contribution in [3.8, 4) is 0 Å². The number of carbonyl (C=O) groups is 1. The van der Waals surface area contributed by atoms with E-state index in [4.69, 9.17) is 4.74 Å². The van der Waals surface area contributed by atoms with Crippen molar-refractivity contribution in [1.82, 2.24) is 24.6 Å². The van der Waals surface area contributed by atoms with Crippen molar-refractivity contribution in [3.05, 3.63) is 41.7 Å². The second kappa shape index (κ2) is 7.53. The van der Waals surface area contributed by atoms with Gasteiger partial charge in [0.1, 0.15) is 6.54 Å². The summed E-state index contributed by atoms with van der Waals surface area (Å²) in [6, 6.07) is 0.0734. The predicted octanol–water partition coefficient (Wildman–Crippen LogP) is 1.15. The summed E-state index contributed by atoms with van der Waals surface area (Å²) in [5.41, 5.74) is 2.98. The molecule has 24 heavy (non-hydrogen) atoms. The summed E-state index contributed by atoms with van der Waals surface area (Å²) < 4.78 is 7.27. The molecule has 3 rings (SSSR count). The van der Waals surface area contributed by atoms with E-state index >= 15 is 0 Å². The Morgan fingerprint density at radius 3 is 2.92 bits per heavy atom. The van der Waals surface area contributed by atoms with Crippen LogP contribution in [0, 0.1) is 13.8 Å². The van der Waals surface area contributed by atoms with Gasteiger partial charge in [-0.3, -0.25) is 19.4 Å². The Bertz CT molecular complexity index is 700. The number of morpholine rings is 1. The van der Waals surface area contributed by atoms with E-state index in [0.29, 0.717) is 19.8 Å². The highest BCUT2D eigenvalue weighted by Gasteiger charge is 2.27. The van der Waals surface area contributed by atoms with E-state index in [9.17, 15) is 4.79 Å². The molecule has 0 aromatic carbocycles. The van der Waals surface area contributed by atoms with Gasteiger partial charge < -0.3 is 9.64 Å². The van der Waals surface area contributed by atoms with Crippen LogP contribution in [0.4, 0.5) is 0 Å². The van der Waals surface area contributed by atoms with E-state index < -0.39 is 0 Å². The van der Waals surface area contributed by atoms with Crippen LogP contribution < -0.4 is 0 Å². The molecule has 7 heteroatoms. The first-order valence-corrected chi connectivity index (χ1v) is 8.26. The molecule has 2 aromatic rings. The zero-order chi connectivity index (χ0) is 16.9. The number of hydrogen-bond acceptors (Lipinski definition) is 5. The second-order valence-electron chi connectivity index (χ2n) is 6.16. The molecule has 1 aliphatic heterocycles. The molecule has 2 aromatic heterocycles. The zero-order valence-corrected chi connectivity index (χ0v) is 14.2. The maximum absolute atomic E-state index is 12.6. The average molecular weight is 329 g/mol. The molecular formula is C17H23N5O2. The van der Waals surface area contributed by atoms with Gasteiger partial charge in [0.25, 0.3) is 0 Å². The number of hydrogen-bond donors (Lipinski definition) is 0. The molecular weight excluding hydrogens is 306 g/mol. The monoisotopic (exact) mass is 329 g/mol. The molecule has 0 spiro atoms. The van der Waals surface area contributed by atoms with Crippen LogP contribution in [-0.4, -0.2) is 56.4 Å². The molecule has 0 saturated carbocycles. The number of rotatable bonds is 5. The lowest BCUT2D eigenvalue weighted by Gasteiger charge is -2.35. The van der Waals surface area contributed by atoms with Crippen LogP contribution in [-0.2, 0) is 22.5 Å². The Labute approximate surface area is 141 Å². The molecule has 1 fully saturated rings. The summed E-state index contributed by atoms with van der Waals surface area (Å²) in [4.78, 5) is 23.2. The van der Waals surface area contributed by atoms with Gasteiger partial charge in [-0.25, -0.2) is 0 Å². The van der Waals surface area contributed by atoms with Gasteiger partial charge in [-0.1, -0.05) is 0 Å². The minimum Gasteiger partial charge on any atom is -0.377 e. The van der Waals surface area contributed by atoms with Crippen molar-refractivity contribution < 1.29 is 9.53 Å². The first kappa shape index (κ1) is 16.6. The van der Waals surface area contributed by atoms with Crippen LogP contribution in [0.5, 0.6) is 0 Å². The number of carbonyl (C=O) groups excluding carboxylic acids is 1. The predicted molar refractivity (Wildman–Crippen MR) is 88.4 cm³/mol. The van der Waals surface area contributed by atoms with Crippen molar-refractivity contribution in [1.29, 1.82) is 0 Å². The molecule has 0 aliphatic carbocycles. The SMILES string of the molecule is Cc1cnn(CC(=O)N2CCOC[C@@H]2CCc2nccnc2C)c1. The van der Waals surface area contributed by atoms with Crippen LogP contribution in [0.2, 0.25) is 0 Å². The van der Waals surface area contributed by atoms with E-state index in [2.05, 4.69) is 15.1 Å². The van der Waals surface area contributed by atoms with E-state index in [-0.39, 0.29) is 18.5 Å². The standard InChI is InChI=1S/C17H23N5O2/c1-13-9-20-21(10-13)11-17(23)22-7-8-24-12-15(22)3-4-16-14(2)18-5-6-19-16/h5-6,9-10,15H,3-4,7-8,11-12H2,1-2H3/t15-/m0/s1. The highest BCUT2D eigenvalue weighted by Crippen LogP contribution is 2.15. The largest absolute Gasteiger partial charge is 0.377 e. The van der Waals surface area contributed by atoms with E-state index in [1.807, 2.05) is 24.9 Å². The van der Waals surface area contributed by atoms with E-state index in [1.54, 1.807) is 23.3 Å². The van der Waals surface area contributed by atoms with Crippen molar-refractivity contribution in [3.63, 3.8) is 0 Å². The quantitative estimate of drug-likeness (QED) is 0.823. The topological polar surface area (TPSA) is 73.1 Å². The Hall–Kier alpha value is -2.28. The van der Waals surface area contributed by atoms with Crippen LogP contribution >= 0.6 is 0 Å². The molecule has 0 unspecified atom stereocenters. The first-order valence-electron chi connectivity index (χ1n) is 8.26. The highest BCUT2D eigenvalue weighted by molar-refractivity contribution is 5.76. The van der Waals surface area contributed by atoms with Crippen molar-refractivity contribution in [2.45, 2.75) is 39.3 Å². The third-order valence-electron chi connectivity index (χ3n) is 4.30. The molecule has 3 heterocycles. The number of amides is 1. The van der Waals surface area contributed by atoms with Crippen LogP contribution in [0.25, 0.3) is 0 Å². The molecule has 1 saturated heterocycles. The fourth-order valence-electron chi connectivity index (χ4n) is 2.99. The van der Waals surface area contributed by atoms with Crippen molar-refractivity contribution in [2.24, 2.45) is 0 Å². The number of aryl methyl sites for hydroxylation is 3. The zero-order valence-electron chi connectivity index (χ0n) is 14.2. The van der Waals surface area contributed by atoms with Gasteiger partial charge in [-0.2, -0.15) is 5.10 Å². The molecule has 128 valence electrons. The minimum absolute atomic E-state index is 0.0734. The van der Waals surface area contributed by atoms with Crippen LogP contribution in [0.15, 0.2) is 24.8 Å². The lowest BCUT2D eigenvalue weighted by Crippen LogP contribution is -2.50. The number of ether oxygens (including phenoxy) is 1. The first-order chi connectivity index (χ1) is 11.6. The summed E-state index contributed by atoms with van der Waals surface area (Å²) in [7, 11) is 0. The summed E-state index contributed by atoms with van der Waals surface area (Å²) in [5.74, 6) is 0.0854. The molecule has 1 aliphatic rings. The molecule has 1 amide bonds. The van der Waals surface area contributed by atoms with Crippen molar-refractivity contribution in [2.75, 3.05) is 19.8 Å². The average Bonchev–Trinajstić information content (AvgIpc) is 2.99. The van der Waals surface area contributed by atoms with Gasteiger partial charge >= 0.3 is 0 Å². The van der Waals surface area contributed by atoms with Gasteiger partial charge in [0, 0.05) is 25.1 Å². The summed E-state index contributed by atoms with van der Waals surface area (Å²) in [6.45, 7) is 5.99. The lowest BCUT2D eigenvalue weighted by atomic mass is 10.1. The van der Waals surface area contributed by atoms with E-state index in [0.717, 1.165) is 29.8 Å². The third kappa shape index (κ3) is 3.97. The molecule has 7 nitrogen and oxygen atoms in total. The third-order valence-corrected chi connectivity index (χ3v) is 4.30. The normalized spacial score (nSPS) is 17.9. The van der Waals surface area contributed by atoms with Crippen LogP contribution in [0.3, 0.4) is 0 Å². The van der Waals surface area contributed by atoms with E-state index in [1.165, 1.54) is 0 Å². The molecule has 0 bridgehead atoms. The summed E-state index contributed by atoms with van der Waals surface area (Å²) in [6.07, 6.45) is 8.67. The summed E-state index contributed by atoms with van der Waals surface area (Å²) in [5, 5.41) is 4.20. The highest BCUT2D eigenvalue weighted by atomic mass is 16.5. The Morgan fingerprint density at radius 1 is 1.33 bits per heavy atom. The summed E-state index contributed by atoms with van der Waals surface area (Å²) >= 11 is 0. The Kier molecular flexibility index (Phi) is 5.20. The number of aromatic nitrogens is 4. The molecule has 1 atom stereocenters. The minimum atomic E-state index is 0.0734. The van der Waals surface area contributed by atoms with Gasteiger partial charge in [0.15, 0.2) is 0 Å². The number of nitrogens with zero attached hydrogens (tertiary/aromatic N) is 5. The van der Waals surface area contributed by atoms with Crippen molar-refractivity contribution >= 4 is 5.91 Å². The van der Waals surface area contributed by atoms with Gasteiger partial charge in [0.2, 0.25) is 5.91 Å². The van der Waals surface area contributed by atoms with Crippen LogP contribution in [0.1, 0.15) is 23.4 Å². The Morgan fingerprint density at radius 2 is 2.17 bits per heavy atom. The lowest BCUT2D eigenvalue weighted by molar-refractivity contribution is -0.141. The molecule has 0 N–H and O–H groups in total. The second-order valence-corrected chi connectivity index (χ2v) is 6.16. The fourth-order valence-corrected chi connectivity index (χ4v) is 2.99. The maximum atomic E-state index is 12.6. The smallest absolute Gasteiger partial charge is 0.244 e.